The molecule has 0 heterocycles. The van der Waals surface area contributed by atoms with Crippen molar-refractivity contribution in [3.05, 3.63) is 12.3 Å². The summed E-state index contributed by atoms with van der Waals surface area (Å²) < 4.78 is 4.83. The molecule has 0 aromatic rings. The van der Waals surface area contributed by atoms with Crippen molar-refractivity contribution in [2.45, 2.75) is 116 Å². The number of carboxylic acids is 1. The molecule has 0 aromatic heterocycles. The van der Waals surface area contributed by atoms with Gasteiger partial charge in [-0.3, -0.25) is 9.59 Å². The Kier molecular flexibility index (Phi) is 32.9. The molecule has 28 heavy (non-hydrogen) atoms. The van der Waals surface area contributed by atoms with Crippen molar-refractivity contribution in [1.82, 2.24) is 0 Å². The number of carbonyl (C=O) groups excluding carboxylic acids is 1. The Morgan fingerprint density at radius 2 is 1.18 bits per heavy atom. The first-order valence-corrected chi connectivity index (χ1v) is 10.7. The summed E-state index contributed by atoms with van der Waals surface area (Å²) in [5.41, 5.74) is 0. The second kappa shape index (κ2) is 27.7. The van der Waals surface area contributed by atoms with Crippen LogP contribution in [0.25, 0.3) is 0 Å². The molecule has 0 saturated carbocycles. The number of unbranched alkanes of at least 4 members (excludes halogenated alkanes) is 14. The molecule has 0 unspecified atom stereocenters. The van der Waals surface area contributed by atoms with Gasteiger partial charge in [0.05, 0.1) is 19.1 Å². The molecule has 0 aliphatic rings. The third kappa shape index (κ3) is 28.9. The van der Waals surface area contributed by atoms with Crippen LogP contribution in [0.4, 0.5) is 0 Å². The summed E-state index contributed by atoms with van der Waals surface area (Å²) in [5, 5.41) is 8.46. The molecular formula is C22H42Na2O4. The number of hydrogen-bond donors (Lipinski definition) is 1. The molecule has 0 rings (SSSR count). The standard InChI is InChI=1S/C22H40O4.2Na.2H/c1-2-3-4-5-6-7-8-9-10-11-12-13-14-15-16-17-20-26-22(25)19-18-21(23)24;;;;/h17,20H,2-16,18-19H2,1H3,(H,23,24);;;;/q;2*+1;2*-1/b20-17+;;;;. The van der Waals surface area contributed by atoms with Crippen molar-refractivity contribution in [3.63, 3.8) is 0 Å². The van der Waals surface area contributed by atoms with E-state index in [0.717, 1.165) is 12.8 Å². The van der Waals surface area contributed by atoms with E-state index in [9.17, 15) is 9.59 Å². The van der Waals surface area contributed by atoms with Crippen LogP contribution < -0.4 is 59.1 Å². The van der Waals surface area contributed by atoms with Crippen LogP contribution >= 0.6 is 0 Å². The van der Waals surface area contributed by atoms with Gasteiger partial charge in [0, 0.05) is 0 Å². The van der Waals surface area contributed by atoms with Gasteiger partial charge in [-0.1, -0.05) is 90.4 Å². The van der Waals surface area contributed by atoms with E-state index < -0.39 is 11.9 Å². The van der Waals surface area contributed by atoms with Crippen LogP contribution in [-0.4, -0.2) is 17.0 Å². The van der Waals surface area contributed by atoms with Crippen LogP contribution in [0.2, 0.25) is 0 Å². The topological polar surface area (TPSA) is 63.6 Å². The van der Waals surface area contributed by atoms with Crippen LogP contribution in [0.3, 0.4) is 0 Å². The molecule has 0 aliphatic carbocycles. The first-order chi connectivity index (χ1) is 12.7. The van der Waals surface area contributed by atoms with Gasteiger partial charge >= 0.3 is 71.1 Å². The number of carboxylic acid groups (broad SMARTS) is 1. The summed E-state index contributed by atoms with van der Waals surface area (Å²) in [4.78, 5) is 21.5. The van der Waals surface area contributed by atoms with Gasteiger partial charge in [0.1, 0.15) is 0 Å². The van der Waals surface area contributed by atoms with Gasteiger partial charge in [-0.05, 0) is 18.9 Å². The minimum atomic E-state index is -0.978. The first kappa shape index (κ1) is 33.3. The molecule has 156 valence electrons. The van der Waals surface area contributed by atoms with Crippen molar-refractivity contribution in [1.29, 1.82) is 0 Å². The zero-order chi connectivity index (χ0) is 19.3. The van der Waals surface area contributed by atoms with E-state index in [4.69, 9.17) is 9.84 Å². The number of carbonyl (C=O) groups is 2. The summed E-state index contributed by atoms with van der Waals surface area (Å²) in [5.74, 6) is -1.46. The summed E-state index contributed by atoms with van der Waals surface area (Å²) in [6, 6.07) is 0. The Morgan fingerprint density at radius 3 is 1.61 bits per heavy atom. The van der Waals surface area contributed by atoms with Crippen LogP contribution in [0, 0.1) is 0 Å². The number of ether oxygens (including phenoxy) is 1. The molecule has 0 bridgehead atoms. The third-order valence-electron chi connectivity index (χ3n) is 4.56. The van der Waals surface area contributed by atoms with Gasteiger partial charge in [-0.15, -0.1) is 0 Å². The predicted octanol–water partition coefficient (Wildman–Crippen LogP) is 1.01. The fraction of sp³-hybridized carbons (Fsp3) is 0.818. The minimum Gasteiger partial charge on any atom is -1.00 e. The molecule has 0 atom stereocenters. The number of allylic oxidation sites excluding steroid dienone is 1. The third-order valence-corrected chi connectivity index (χ3v) is 4.56. The monoisotopic (exact) mass is 416 g/mol. The summed E-state index contributed by atoms with van der Waals surface area (Å²) in [6.07, 6.45) is 22.8. The number of esters is 1. The van der Waals surface area contributed by atoms with Crippen molar-refractivity contribution in [2.75, 3.05) is 0 Å². The van der Waals surface area contributed by atoms with Crippen molar-refractivity contribution >= 4 is 11.9 Å². The zero-order valence-electron chi connectivity index (χ0n) is 20.8. The Balaban J connectivity index is -0.000000521. The van der Waals surface area contributed by atoms with Gasteiger partial charge < -0.3 is 12.7 Å². The number of rotatable bonds is 19. The van der Waals surface area contributed by atoms with Crippen molar-refractivity contribution < 1.29 is 81.4 Å². The van der Waals surface area contributed by atoms with Crippen molar-refractivity contribution in [3.8, 4) is 0 Å². The molecule has 0 saturated heterocycles. The quantitative estimate of drug-likeness (QED) is 0.148. The SMILES string of the molecule is CCCCCCCCCCCCCCCC/C=C/OC(=O)CCC(=O)O.[H-].[H-].[Na+].[Na+]. The predicted molar refractivity (Wildman–Crippen MR) is 109 cm³/mol. The zero-order valence-corrected chi connectivity index (χ0v) is 22.8. The first-order valence-electron chi connectivity index (χ1n) is 10.7. The second-order valence-corrected chi connectivity index (χ2v) is 7.14. The Labute approximate surface area is 220 Å². The largest absolute Gasteiger partial charge is 1.00 e. The molecule has 0 spiro atoms. The molecule has 0 aliphatic heterocycles. The molecule has 0 amide bonds. The fourth-order valence-electron chi connectivity index (χ4n) is 2.92. The minimum absolute atomic E-state index is 0. The van der Waals surface area contributed by atoms with Gasteiger partial charge in [-0.25, -0.2) is 0 Å². The summed E-state index contributed by atoms with van der Waals surface area (Å²) >= 11 is 0. The molecule has 6 heteroatoms. The van der Waals surface area contributed by atoms with Crippen LogP contribution in [0.1, 0.15) is 119 Å². The van der Waals surface area contributed by atoms with E-state index in [-0.39, 0.29) is 74.8 Å². The second-order valence-electron chi connectivity index (χ2n) is 7.14. The van der Waals surface area contributed by atoms with E-state index in [0.29, 0.717) is 0 Å². The normalized spacial score (nSPS) is 10.3. The smallest absolute Gasteiger partial charge is 1.00 e. The maximum atomic E-state index is 11.2. The van der Waals surface area contributed by atoms with Gasteiger partial charge in [0.2, 0.25) is 0 Å². The van der Waals surface area contributed by atoms with E-state index in [1.165, 1.54) is 89.7 Å². The maximum absolute atomic E-state index is 11.2. The Bertz CT molecular complexity index is 384. The van der Waals surface area contributed by atoms with E-state index in [1.54, 1.807) is 0 Å². The molecule has 4 nitrogen and oxygen atoms in total. The molecule has 0 radical (unpaired) electrons. The van der Waals surface area contributed by atoms with Crippen LogP contribution in [-0.2, 0) is 14.3 Å². The average molecular weight is 417 g/mol. The summed E-state index contributed by atoms with van der Waals surface area (Å²) in [6.45, 7) is 2.26. The van der Waals surface area contributed by atoms with Crippen LogP contribution in [0.5, 0.6) is 0 Å². The Hall–Kier alpha value is 0.680. The van der Waals surface area contributed by atoms with Gasteiger partial charge in [0.25, 0.3) is 0 Å². The molecule has 0 aromatic carbocycles. The molecule has 0 fully saturated rings. The average Bonchev–Trinajstić information content (AvgIpc) is 2.62. The summed E-state index contributed by atoms with van der Waals surface area (Å²) in [7, 11) is 0. The van der Waals surface area contributed by atoms with Gasteiger partial charge in [-0.2, -0.15) is 0 Å². The van der Waals surface area contributed by atoms with Crippen LogP contribution in [0.15, 0.2) is 12.3 Å². The van der Waals surface area contributed by atoms with E-state index in [2.05, 4.69) is 6.92 Å². The molecular weight excluding hydrogens is 374 g/mol. The van der Waals surface area contributed by atoms with E-state index in [1.807, 2.05) is 6.08 Å². The fourth-order valence-corrected chi connectivity index (χ4v) is 2.92. The number of aliphatic carboxylic acids is 1. The number of hydrogen-bond acceptors (Lipinski definition) is 3. The molecule has 1 N–H and O–H groups in total. The van der Waals surface area contributed by atoms with Crippen molar-refractivity contribution in [2.24, 2.45) is 0 Å². The Morgan fingerprint density at radius 1 is 0.750 bits per heavy atom. The van der Waals surface area contributed by atoms with E-state index >= 15 is 0 Å². The van der Waals surface area contributed by atoms with Gasteiger partial charge in [0.15, 0.2) is 0 Å². The maximum Gasteiger partial charge on any atom is 1.00 e.